The number of hydrogen-bond donors (Lipinski definition) is 2. The molecule has 0 bridgehead atoms. The van der Waals surface area contributed by atoms with Crippen molar-refractivity contribution in [2.24, 2.45) is 11.8 Å². The number of carbonyl (C=O) groups is 1. The second kappa shape index (κ2) is 14.4. The summed E-state index contributed by atoms with van der Waals surface area (Å²) in [6.07, 6.45) is 7.71. The van der Waals surface area contributed by atoms with Crippen molar-refractivity contribution in [3.63, 3.8) is 0 Å². The van der Waals surface area contributed by atoms with E-state index in [1.54, 1.807) is 31.4 Å². The van der Waals surface area contributed by atoms with Crippen LogP contribution in [0, 0.1) is 34.8 Å². The third-order valence-corrected chi connectivity index (χ3v) is 8.57. The highest BCUT2D eigenvalue weighted by Gasteiger charge is 2.28. The predicted octanol–water partition coefficient (Wildman–Crippen LogP) is 5.09. The molecular formula is C31H40F2N4O3. The Balaban J connectivity index is 1.12. The van der Waals surface area contributed by atoms with E-state index in [1.165, 1.54) is 31.0 Å². The van der Waals surface area contributed by atoms with E-state index in [1.807, 2.05) is 4.90 Å². The fraction of sp³-hybridized carbons (Fsp3) is 0.548. The van der Waals surface area contributed by atoms with Gasteiger partial charge in [-0.3, -0.25) is 9.69 Å². The van der Waals surface area contributed by atoms with Crippen molar-refractivity contribution in [2.45, 2.75) is 51.0 Å². The Hall–Kier alpha value is -3.22. The largest absolute Gasteiger partial charge is 0.507 e. The van der Waals surface area contributed by atoms with Gasteiger partial charge in [-0.1, -0.05) is 25.0 Å². The second-order valence-electron chi connectivity index (χ2n) is 11.0. The number of nitrogens with zero attached hydrogens (tertiary/aromatic N) is 3. The molecule has 2 aliphatic rings. The maximum absolute atomic E-state index is 14.6. The Kier molecular flexibility index (Phi) is 10.7. The summed E-state index contributed by atoms with van der Waals surface area (Å²) >= 11 is 0. The van der Waals surface area contributed by atoms with Crippen LogP contribution < -0.4 is 10.2 Å². The molecule has 40 heavy (non-hydrogen) atoms. The number of phenols is 1. The molecule has 4 rings (SSSR count). The van der Waals surface area contributed by atoms with Gasteiger partial charge >= 0.3 is 0 Å². The van der Waals surface area contributed by atoms with Crippen LogP contribution in [0.2, 0.25) is 0 Å². The van der Waals surface area contributed by atoms with Gasteiger partial charge in [0.05, 0.1) is 17.4 Å². The summed E-state index contributed by atoms with van der Waals surface area (Å²) in [6, 6.07) is 10.8. The van der Waals surface area contributed by atoms with Gasteiger partial charge in [0, 0.05) is 39.8 Å². The highest BCUT2D eigenvalue weighted by atomic mass is 19.1. The van der Waals surface area contributed by atoms with Crippen molar-refractivity contribution in [2.75, 3.05) is 51.3 Å². The molecular weight excluding hydrogens is 514 g/mol. The number of phenolic OH excluding ortho intramolecular Hbond substituents is 1. The monoisotopic (exact) mass is 554 g/mol. The van der Waals surface area contributed by atoms with E-state index in [4.69, 9.17) is 10.00 Å². The number of nitrogens with one attached hydrogen (secondary N) is 1. The van der Waals surface area contributed by atoms with Gasteiger partial charge in [-0.2, -0.15) is 5.26 Å². The number of rotatable bonds is 11. The number of piperazine rings is 1. The molecule has 2 aromatic rings. The number of hydrogen-bond acceptors (Lipinski definition) is 6. The molecule has 1 saturated heterocycles. The maximum atomic E-state index is 14.6. The molecule has 216 valence electrons. The maximum Gasteiger partial charge on any atom is 0.255 e. The lowest BCUT2D eigenvalue weighted by Crippen LogP contribution is -2.47. The van der Waals surface area contributed by atoms with Gasteiger partial charge in [0.2, 0.25) is 0 Å². The molecule has 2 N–H and O–H groups in total. The first kappa shape index (κ1) is 29.8. The molecule has 1 atom stereocenters. The summed E-state index contributed by atoms with van der Waals surface area (Å²) < 4.78 is 34.1. The number of amides is 1. The lowest BCUT2D eigenvalue weighted by molar-refractivity contribution is 0.0212. The fourth-order valence-corrected chi connectivity index (χ4v) is 6.13. The second-order valence-corrected chi connectivity index (χ2v) is 11.0. The molecule has 1 unspecified atom stereocenters. The van der Waals surface area contributed by atoms with Gasteiger partial charge in [-0.25, -0.2) is 8.78 Å². The lowest BCUT2D eigenvalue weighted by Gasteiger charge is -2.38. The van der Waals surface area contributed by atoms with Gasteiger partial charge in [0.1, 0.15) is 23.2 Å². The summed E-state index contributed by atoms with van der Waals surface area (Å²) in [5.41, 5.74) is 0.0886. The van der Waals surface area contributed by atoms with Crippen molar-refractivity contribution in [3.8, 4) is 11.8 Å². The molecule has 1 saturated carbocycles. The van der Waals surface area contributed by atoms with E-state index < -0.39 is 17.2 Å². The molecule has 1 aliphatic carbocycles. The van der Waals surface area contributed by atoms with Gasteiger partial charge in [0.25, 0.3) is 5.91 Å². The van der Waals surface area contributed by atoms with Crippen LogP contribution in [0.15, 0.2) is 36.4 Å². The zero-order valence-electron chi connectivity index (χ0n) is 23.2. The normalized spacial score (nSPS) is 20.6. The summed E-state index contributed by atoms with van der Waals surface area (Å²) in [4.78, 5) is 16.6. The molecule has 2 aromatic carbocycles. The number of para-hydroxylation sites is 1. The fourth-order valence-electron chi connectivity index (χ4n) is 6.13. The Morgan fingerprint density at radius 1 is 1.12 bits per heavy atom. The number of halogens is 2. The molecule has 0 spiro atoms. The Morgan fingerprint density at radius 2 is 1.85 bits per heavy atom. The average molecular weight is 555 g/mol. The van der Waals surface area contributed by atoms with E-state index in [9.17, 15) is 18.7 Å². The molecule has 7 nitrogen and oxygen atoms in total. The topological polar surface area (TPSA) is 88.8 Å². The predicted molar refractivity (Wildman–Crippen MR) is 150 cm³/mol. The molecule has 1 heterocycles. The number of ether oxygens (including phenoxy) is 1. The summed E-state index contributed by atoms with van der Waals surface area (Å²) in [5, 5.41) is 21.8. The number of aromatic hydroxyl groups is 1. The van der Waals surface area contributed by atoms with E-state index >= 15 is 0 Å². The minimum Gasteiger partial charge on any atom is -0.507 e. The van der Waals surface area contributed by atoms with Gasteiger partial charge in [0.15, 0.2) is 5.82 Å². The van der Waals surface area contributed by atoms with Crippen molar-refractivity contribution in [3.05, 3.63) is 59.2 Å². The zero-order chi connectivity index (χ0) is 28.5. The van der Waals surface area contributed by atoms with Crippen LogP contribution >= 0.6 is 0 Å². The Labute approximate surface area is 235 Å². The Morgan fingerprint density at radius 3 is 2.52 bits per heavy atom. The minimum atomic E-state index is -0.817. The number of nitriles is 1. The van der Waals surface area contributed by atoms with E-state index in [0.29, 0.717) is 42.7 Å². The van der Waals surface area contributed by atoms with Crippen LogP contribution in [0.25, 0.3) is 0 Å². The van der Waals surface area contributed by atoms with Crippen LogP contribution in [-0.2, 0) is 4.74 Å². The van der Waals surface area contributed by atoms with Gasteiger partial charge in [-0.15, -0.1) is 0 Å². The minimum absolute atomic E-state index is 0.00992. The molecule has 0 aromatic heterocycles. The van der Waals surface area contributed by atoms with Crippen LogP contribution in [0.5, 0.6) is 5.75 Å². The quantitative estimate of drug-likeness (QED) is 0.377. The first-order valence-electron chi connectivity index (χ1n) is 14.4. The van der Waals surface area contributed by atoms with Crippen molar-refractivity contribution in [1.29, 1.82) is 5.26 Å². The molecule has 1 aliphatic heterocycles. The number of carbonyl (C=O) groups excluding carboxylic acids is 1. The smallest absolute Gasteiger partial charge is 0.255 e. The number of benzene rings is 2. The Bertz CT molecular complexity index is 1170. The molecule has 0 radical (unpaired) electrons. The van der Waals surface area contributed by atoms with Crippen molar-refractivity contribution >= 4 is 11.6 Å². The first-order chi connectivity index (χ1) is 19.4. The highest BCUT2D eigenvalue weighted by Crippen LogP contribution is 2.35. The number of anilines is 1. The average Bonchev–Trinajstić information content (AvgIpc) is 2.97. The standard InChI is InChI=1S/C31H40F2N4O3/c1-40-29(7-4-15-35-31(39)24-5-2-3-6-28(24)38)23-10-8-22(9-11-23)14-16-36-17-19-37(20-18-36)27-13-12-26(32)25(21-34)30(27)33/h2-3,5-6,12-13,22-23,29,38H,4,7-11,14-20H2,1H3,(H,35,39). The third kappa shape index (κ3) is 7.49. The molecule has 9 heteroatoms. The van der Waals surface area contributed by atoms with Crippen LogP contribution in [-0.4, -0.2) is 68.4 Å². The summed E-state index contributed by atoms with van der Waals surface area (Å²) in [7, 11) is 1.77. The van der Waals surface area contributed by atoms with Crippen molar-refractivity contribution < 1.29 is 23.4 Å². The molecule has 2 fully saturated rings. The van der Waals surface area contributed by atoms with Crippen LogP contribution in [0.4, 0.5) is 14.5 Å². The van der Waals surface area contributed by atoms with E-state index in [2.05, 4.69) is 10.2 Å². The van der Waals surface area contributed by atoms with Gasteiger partial charge in [-0.05, 0) is 74.8 Å². The SMILES string of the molecule is COC(CCCNC(=O)c1ccccc1O)C1CCC(CCN2CCN(c3ccc(F)c(C#N)c3F)CC2)CC1. The zero-order valence-corrected chi connectivity index (χ0v) is 23.2. The van der Waals surface area contributed by atoms with E-state index in [-0.39, 0.29) is 17.8 Å². The summed E-state index contributed by atoms with van der Waals surface area (Å²) in [6.45, 7) is 4.51. The van der Waals surface area contributed by atoms with Crippen LogP contribution in [0.1, 0.15) is 60.9 Å². The van der Waals surface area contributed by atoms with Crippen molar-refractivity contribution in [1.82, 2.24) is 10.2 Å². The van der Waals surface area contributed by atoms with Crippen LogP contribution in [0.3, 0.4) is 0 Å². The molecule has 1 amide bonds. The third-order valence-electron chi connectivity index (χ3n) is 8.57. The number of methoxy groups -OCH3 is 1. The van der Waals surface area contributed by atoms with E-state index in [0.717, 1.165) is 51.7 Å². The highest BCUT2D eigenvalue weighted by molar-refractivity contribution is 5.96. The summed E-state index contributed by atoms with van der Waals surface area (Å²) in [5.74, 6) is -0.628. The lowest BCUT2D eigenvalue weighted by atomic mass is 9.77. The first-order valence-corrected chi connectivity index (χ1v) is 14.4. The van der Waals surface area contributed by atoms with Gasteiger partial charge < -0.3 is 20.1 Å².